The van der Waals surface area contributed by atoms with E-state index in [1.54, 1.807) is 12.1 Å². The summed E-state index contributed by atoms with van der Waals surface area (Å²) in [4.78, 5) is 12.3. The van der Waals surface area contributed by atoms with Gasteiger partial charge in [-0.25, -0.2) is 21.6 Å². The highest BCUT2D eigenvalue weighted by Crippen LogP contribution is 2.35. The summed E-state index contributed by atoms with van der Waals surface area (Å²) < 4.78 is 42.4. The molecule has 0 aliphatic heterocycles. The van der Waals surface area contributed by atoms with Crippen LogP contribution in [0, 0.1) is 18.7 Å². The molecule has 7 heteroatoms. The minimum Gasteiger partial charge on any atom is -0.478 e. The normalized spacial score (nSPS) is 15.5. The van der Waals surface area contributed by atoms with Crippen molar-refractivity contribution < 1.29 is 22.7 Å². The smallest absolute Gasteiger partial charge is 0.338 e. The summed E-state index contributed by atoms with van der Waals surface area (Å²) in [5.41, 5.74) is 1.23. The molecule has 0 bridgehead atoms. The predicted molar refractivity (Wildman–Crippen MR) is 113 cm³/mol. The third-order valence-electron chi connectivity index (χ3n) is 5.96. The first-order chi connectivity index (χ1) is 14.3. The Labute approximate surface area is 175 Å². The molecule has 0 spiro atoms. The van der Waals surface area contributed by atoms with E-state index >= 15 is 0 Å². The van der Waals surface area contributed by atoms with Gasteiger partial charge in [-0.05, 0) is 49.6 Å². The molecule has 1 heterocycles. The highest BCUT2D eigenvalue weighted by molar-refractivity contribution is 7.90. The van der Waals surface area contributed by atoms with E-state index in [0.29, 0.717) is 6.42 Å². The van der Waals surface area contributed by atoms with E-state index in [1.165, 1.54) is 24.3 Å². The Morgan fingerprint density at radius 3 is 2.40 bits per heavy atom. The first-order valence-corrected chi connectivity index (χ1v) is 11.6. The number of halogens is 1. The van der Waals surface area contributed by atoms with Crippen molar-refractivity contribution >= 4 is 26.9 Å². The van der Waals surface area contributed by atoms with Crippen molar-refractivity contribution in [1.82, 2.24) is 3.97 Å². The van der Waals surface area contributed by atoms with E-state index in [2.05, 4.69) is 0 Å². The summed E-state index contributed by atoms with van der Waals surface area (Å²) in [6.45, 7) is 1.86. The van der Waals surface area contributed by atoms with Crippen LogP contribution in [0.25, 0.3) is 10.9 Å². The average molecular weight is 430 g/mol. The third kappa shape index (κ3) is 3.62. The molecule has 3 aromatic rings. The molecular formula is C23H24FNO4S. The molecule has 30 heavy (non-hydrogen) atoms. The minimum absolute atomic E-state index is 0.0798. The largest absolute Gasteiger partial charge is 0.478 e. The molecule has 2 aromatic carbocycles. The van der Waals surface area contributed by atoms with Crippen LogP contribution in [-0.2, 0) is 16.4 Å². The second kappa shape index (κ2) is 7.87. The lowest BCUT2D eigenvalue weighted by Crippen LogP contribution is -2.20. The van der Waals surface area contributed by atoms with E-state index in [9.17, 15) is 22.7 Å². The number of carboxylic acids is 1. The zero-order chi connectivity index (χ0) is 21.5. The molecule has 1 aromatic heterocycles. The number of aromatic nitrogens is 1. The van der Waals surface area contributed by atoms with Gasteiger partial charge in [-0.2, -0.15) is 0 Å². The Morgan fingerprint density at radius 2 is 1.77 bits per heavy atom. The standard InChI is InChI=1S/C23H24FNO4S/c1-15-7-10-18(11-8-15)30(28,29)25-20-12-9-17(24)14-19(20)22(23(26)27)21(25)13-16-5-3-2-4-6-16/h7-12,14,16H,2-6,13H2,1H3,(H,26,27). The topological polar surface area (TPSA) is 76.4 Å². The molecule has 0 unspecified atom stereocenters. The first-order valence-electron chi connectivity index (χ1n) is 10.2. The Balaban J connectivity index is 2.00. The van der Waals surface area contributed by atoms with E-state index in [0.717, 1.165) is 47.7 Å². The summed E-state index contributed by atoms with van der Waals surface area (Å²) in [6.07, 6.45) is 5.43. The lowest BCUT2D eigenvalue weighted by atomic mass is 9.85. The molecule has 0 radical (unpaired) electrons. The SMILES string of the molecule is Cc1ccc(S(=O)(=O)n2c(CC3CCCCC3)c(C(=O)O)c3cc(F)ccc32)cc1. The van der Waals surface area contributed by atoms with Crippen LogP contribution in [0.1, 0.15) is 53.7 Å². The van der Waals surface area contributed by atoms with Gasteiger partial charge in [0.05, 0.1) is 21.7 Å². The summed E-state index contributed by atoms with van der Waals surface area (Å²) in [6, 6.07) is 10.1. The monoisotopic (exact) mass is 429 g/mol. The first kappa shape index (κ1) is 20.6. The van der Waals surface area contributed by atoms with Crippen molar-refractivity contribution in [1.29, 1.82) is 0 Å². The summed E-state index contributed by atoms with van der Waals surface area (Å²) in [5, 5.41) is 10.1. The van der Waals surface area contributed by atoms with Crippen molar-refractivity contribution in [3.8, 4) is 0 Å². The molecule has 1 N–H and O–H groups in total. The van der Waals surface area contributed by atoms with Crippen LogP contribution in [0.5, 0.6) is 0 Å². The zero-order valence-electron chi connectivity index (χ0n) is 16.8. The van der Waals surface area contributed by atoms with E-state index in [4.69, 9.17) is 0 Å². The van der Waals surface area contributed by atoms with Gasteiger partial charge in [0.25, 0.3) is 10.0 Å². The number of carboxylic acid groups (broad SMARTS) is 1. The lowest BCUT2D eigenvalue weighted by Gasteiger charge is -2.23. The maximum absolute atomic E-state index is 14.0. The molecule has 1 aliphatic rings. The van der Waals surface area contributed by atoms with Crippen LogP contribution in [-0.4, -0.2) is 23.5 Å². The van der Waals surface area contributed by atoms with Crippen molar-refractivity contribution in [2.24, 2.45) is 5.92 Å². The molecule has 1 saturated carbocycles. The fourth-order valence-corrected chi connectivity index (χ4v) is 6.03. The van der Waals surface area contributed by atoms with Crippen molar-refractivity contribution in [3.63, 3.8) is 0 Å². The van der Waals surface area contributed by atoms with Gasteiger partial charge in [0, 0.05) is 5.39 Å². The molecule has 0 amide bonds. The number of aromatic carboxylic acids is 1. The Morgan fingerprint density at radius 1 is 1.10 bits per heavy atom. The molecule has 5 nitrogen and oxygen atoms in total. The van der Waals surface area contributed by atoms with Crippen LogP contribution in [0.4, 0.5) is 4.39 Å². The third-order valence-corrected chi connectivity index (χ3v) is 7.73. The van der Waals surface area contributed by atoms with Crippen LogP contribution in [0.2, 0.25) is 0 Å². The number of nitrogens with zero attached hydrogens (tertiary/aromatic N) is 1. The van der Waals surface area contributed by atoms with Crippen LogP contribution in [0.3, 0.4) is 0 Å². The molecule has 0 atom stereocenters. The Bertz CT molecular complexity index is 1210. The molecular weight excluding hydrogens is 405 g/mol. The number of fused-ring (bicyclic) bond motifs is 1. The molecule has 1 aliphatic carbocycles. The van der Waals surface area contributed by atoms with Crippen LogP contribution < -0.4 is 0 Å². The van der Waals surface area contributed by atoms with Crippen molar-refractivity contribution in [3.05, 3.63) is 65.1 Å². The van der Waals surface area contributed by atoms with Crippen molar-refractivity contribution in [2.45, 2.75) is 50.3 Å². The summed E-state index contributed by atoms with van der Waals surface area (Å²) >= 11 is 0. The minimum atomic E-state index is -4.06. The van der Waals surface area contributed by atoms with Gasteiger partial charge < -0.3 is 5.11 Å². The number of rotatable bonds is 5. The number of hydrogen-bond donors (Lipinski definition) is 1. The van der Waals surface area contributed by atoms with Crippen LogP contribution >= 0.6 is 0 Å². The highest BCUT2D eigenvalue weighted by Gasteiger charge is 2.31. The Kier molecular flexibility index (Phi) is 5.40. The van der Waals surface area contributed by atoms with Gasteiger partial charge in [-0.1, -0.05) is 49.8 Å². The summed E-state index contributed by atoms with van der Waals surface area (Å²) in [7, 11) is -4.06. The molecule has 4 rings (SSSR count). The highest BCUT2D eigenvalue weighted by atomic mass is 32.2. The second-order valence-electron chi connectivity index (χ2n) is 8.08. The number of aryl methyl sites for hydroxylation is 1. The maximum atomic E-state index is 14.0. The number of hydrogen-bond acceptors (Lipinski definition) is 3. The fourth-order valence-electron chi connectivity index (χ4n) is 4.47. The quantitative estimate of drug-likeness (QED) is 0.609. The fraction of sp³-hybridized carbons (Fsp3) is 0.348. The van der Waals surface area contributed by atoms with E-state index in [1.807, 2.05) is 6.92 Å². The van der Waals surface area contributed by atoms with Crippen molar-refractivity contribution in [2.75, 3.05) is 0 Å². The Hall–Kier alpha value is -2.67. The zero-order valence-corrected chi connectivity index (χ0v) is 17.6. The van der Waals surface area contributed by atoms with Gasteiger partial charge in [-0.3, -0.25) is 0 Å². The molecule has 0 saturated heterocycles. The number of benzene rings is 2. The van der Waals surface area contributed by atoms with E-state index < -0.39 is 21.8 Å². The summed E-state index contributed by atoms with van der Waals surface area (Å²) in [5.74, 6) is -1.63. The average Bonchev–Trinajstić information content (AvgIpc) is 3.02. The lowest BCUT2D eigenvalue weighted by molar-refractivity contribution is 0.0697. The van der Waals surface area contributed by atoms with Gasteiger partial charge in [-0.15, -0.1) is 0 Å². The molecule has 1 fully saturated rings. The van der Waals surface area contributed by atoms with Gasteiger partial charge in [0.1, 0.15) is 5.82 Å². The van der Waals surface area contributed by atoms with Crippen LogP contribution in [0.15, 0.2) is 47.4 Å². The number of carbonyl (C=O) groups is 1. The van der Waals surface area contributed by atoms with E-state index in [-0.39, 0.29) is 33.0 Å². The maximum Gasteiger partial charge on any atom is 0.338 e. The van der Waals surface area contributed by atoms with Gasteiger partial charge in [0.2, 0.25) is 0 Å². The van der Waals surface area contributed by atoms with Gasteiger partial charge >= 0.3 is 5.97 Å². The molecule has 158 valence electrons. The second-order valence-corrected chi connectivity index (χ2v) is 9.87. The van der Waals surface area contributed by atoms with Gasteiger partial charge in [0.15, 0.2) is 0 Å². The predicted octanol–water partition coefficient (Wildman–Crippen LogP) is 5.15.